The number of carbonyl (C=O) groups excluding carboxylic acids is 6. The van der Waals surface area contributed by atoms with E-state index < -0.39 is 29.7 Å². The number of unbranched alkanes of at least 4 members (excludes halogenated alkanes) is 4. The van der Waals surface area contributed by atoms with Gasteiger partial charge in [-0.25, -0.2) is 0 Å². The molecule has 2 N–H and O–H groups in total. The van der Waals surface area contributed by atoms with Crippen LogP contribution in [0.15, 0.2) is 18.2 Å². The molecule has 3 rings (SSSR count). The Morgan fingerprint density at radius 3 is 2.09 bits per heavy atom. The quantitative estimate of drug-likeness (QED) is 0.0947. The van der Waals surface area contributed by atoms with Gasteiger partial charge in [-0.2, -0.15) is 0 Å². The van der Waals surface area contributed by atoms with Gasteiger partial charge in [0, 0.05) is 25.9 Å². The molecule has 14 nitrogen and oxygen atoms in total. The molecule has 2 aliphatic rings. The number of amides is 5. The first-order valence-electron chi connectivity index (χ1n) is 16.4. The summed E-state index contributed by atoms with van der Waals surface area (Å²) < 4.78 is 26.9. The predicted octanol–water partition coefficient (Wildman–Crippen LogP) is 2.78. The van der Waals surface area contributed by atoms with E-state index >= 15 is 0 Å². The standard InChI is InChI=1S/C33H47N3O11/c1-2-3-5-12-29(39)47-23-22-46-21-20-45-19-18-44-17-16-43-15-7-4-6-11-27(37)34-25-10-8-9-24-30(25)33(42)36(32(24)41)26-13-14-28(38)35-31(26)40/h8-10,26H,2-7,11-23H2,1H3,(H,34,37)(H,35,38,40). The Balaban J connectivity index is 1.16. The highest BCUT2D eigenvalue weighted by atomic mass is 16.6. The van der Waals surface area contributed by atoms with Gasteiger partial charge in [0.05, 0.1) is 63.1 Å². The fourth-order valence-corrected chi connectivity index (χ4v) is 5.07. The Morgan fingerprint density at radius 1 is 0.787 bits per heavy atom. The molecule has 0 bridgehead atoms. The molecule has 1 unspecified atom stereocenters. The van der Waals surface area contributed by atoms with E-state index in [-0.39, 0.29) is 54.6 Å². The number of hydrogen-bond donors (Lipinski definition) is 2. The summed E-state index contributed by atoms with van der Waals surface area (Å²) in [6.45, 7) is 5.82. The number of anilines is 1. The molecule has 0 saturated carbocycles. The van der Waals surface area contributed by atoms with Gasteiger partial charge >= 0.3 is 5.97 Å². The molecule has 1 saturated heterocycles. The maximum atomic E-state index is 13.1. The van der Waals surface area contributed by atoms with Crippen LogP contribution in [0.5, 0.6) is 0 Å². The average molecular weight is 662 g/mol. The van der Waals surface area contributed by atoms with E-state index in [2.05, 4.69) is 17.6 Å². The van der Waals surface area contributed by atoms with Crippen LogP contribution in [-0.4, -0.2) is 106 Å². The van der Waals surface area contributed by atoms with E-state index in [0.29, 0.717) is 65.7 Å². The van der Waals surface area contributed by atoms with Gasteiger partial charge in [-0.05, 0) is 37.8 Å². The van der Waals surface area contributed by atoms with Crippen molar-refractivity contribution in [2.45, 2.75) is 77.2 Å². The Hall–Kier alpha value is -3.72. The smallest absolute Gasteiger partial charge is 0.305 e. The van der Waals surface area contributed by atoms with Crippen molar-refractivity contribution in [2.24, 2.45) is 0 Å². The monoisotopic (exact) mass is 661 g/mol. The zero-order valence-electron chi connectivity index (χ0n) is 27.2. The number of imide groups is 2. The fraction of sp³-hybridized carbons (Fsp3) is 0.636. The van der Waals surface area contributed by atoms with E-state index in [4.69, 9.17) is 23.7 Å². The van der Waals surface area contributed by atoms with Gasteiger partial charge in [0.2, 0.25) is 17.7 Å². The first-order valence-corrected chi connectivity index (χ1v) is 16.4. The molecule has 1 aromatic carbocycles. The molecular formula is C33H47N3O11. The van der Waals surface area contributed by atoms with Crippen LogP contribution in [0.4, 0.5) is 5.69 Å². The van der Waals surface area contributed by atoms with Crippen LogP contribution in [0, 0.1) is 0 Å². The second-order valence-corrected chi connectivity index (χ2v) is 11.2. The van der Waals surface area contributed by atoms with Crippen molar-refractivity contribution in [3.63, 3.8) is 0 Å². The summed E-state index contributed by atoms with van der Waals surface area (Å²) in [6.07, 6.45) is 5.86. The lowest BCUT2D eigenvalue weighted by Crippen LogP contribution is -2.54. The van der Waals surface area contributed by atoms with Crippen LogP contribution in [0.1, 0.15) is 91.8 Å². The van der Waals surface area contributed by atoms with E-state index in [0.717, 1.165) is 37.0 Å². The second-order valence-electron chi connectivity index (χ2n) is 11.2. The predicted molar refractivity (Wildman–Crippen MR) is 169 cm³/mol. The van der Waals surface area contributed by atoms with Gasteiger partial charge in [0.15, 0.2) is 0 Å². The summed E-state index contributed by atoms with van der Waals surface area (Å²) in [4.78, 5) is 74.8. The molecule has 14 heteroatoms. The van der Waals surface area contributed by atoms with Crippen LogP contribution in [0.2, 0.25) is 0 Å². The lowest BCUT2D eigenvalue weighted by atomic mass is 10.0. The maximum Gasteiger partial charge on any atom is 0.305 e. The van der Waals surface area contributed by atoms with Gasteiger partial charge in [0.25, 0.3) is 11.8 Å². The minimum absolute atomic E-state index is 0.0299. The number of piperidine rings is 1. The molecule has 260 valence electrons. The molecule has 5 amide bonds. The van der Waals surface area contributed by atoms with E-state index in [1.165, 1.54) is 6.07 Å². The number of nitrogens with zero attached hydrogens (tertiary/aromatic N) is 1. The summed E-state index contributed by atoms with van der Waals surface area (Å²) in [6, 6.07) is 3.52. The number of hydrogen-bond acceptors (Lipinski definition) is 11. The number of nitrogens with one attached hydrogen (secondary N) is 2. The lowest BCUT2D eigenvalue weighted by molar-refractivity contribution is -0.145. The van der Waals surface area contributed by atoms with Crippen LogP contribution in [-0.2, 0) is 42.9 Å². The molecule has 2 heterocycles. The van der Waals surface area contributed by atoms with Crippen molar-refractivity contribution in [3.05, 3.63) is 29.3 Å². The van der Waals surface area contributed by atoms with Crippen molar-refractivity contribution in [1.82, 2.24) is 10.2 Å². The minimum Gasteiger partial charge on any atom is -0.463 e. The van der Waals surface area contributed by atoms with Crippen molar-refractivity contribution >= 4 is 41.2 Å². The fourth-order valence-electron chi connectivity index (χ4n) is 5.07. The first-order chi connectivity index (χ1) is 22.8. The van der Waals surface area contributed by atoms with Crippen LogP contribution < -0.4 is 10.6 Å². The Kier molecular flexibility index (Phi) is 17.0. The third-order valence-electron chi connectivity index (χ3n) is 7.53. The molecule has 2 aliphatic heterocycles. The van der Waals surface area contributed by atoms with E-state index in [1.807, 2.05) is 0 Å². The Bertz CT molecular complexity index is 1220. The SMILES string of the molecule is CCCCCC(=O)OCCOCCOCCOCCOCCCCCC(=O)Nc1cccc2c1C(=O)N(C1CCC(=O)NC1=O)C2=O. The van der Waals surface area contributed by atoms with E-state index in [9.17, 15) is 28.8 Å². The topological polar surface area (TPSA) is 176 Å². The number of esters is 1. The number of carbonyl (C=O) groups is 6. The highest BCUT2D eigenvalue weighted by Crippen LogP contribution is 2.32. The molecule has 0 aromatic heterocycles. The third-order valence-corrected chi connectivity index (χ3v) is 7.53. The molecule has 47 heavy (non-hydrogen) atoms. The van der Waals surface area contributed by atoms with Crippen molar-refractivity contribution in [2.75, 3.05) is 64.8 Å². The Labute approximate surface area is 275 Å². The number of fused-ring (bicyclic) bond motifs is 1. The van der Waals surface area contributed by atoms with Crippen LogP contribution in [0.3, 0.4) is 0 Å². The van der Waals surface area contributed by atoms with Gasteiger partial charge in [-0.3, -0.25) is 39.0 Å². The number of benzene rings is 1. The van der Waals surface area contributed by atoms with Crippen molar-refractivity contribution in [1.29, 1.82) is 0 Å². The molecule has 0 spiro atoms. The molecule has 1 atom stereocenters. The summed E-state index contributed by atoms with van der Waals surface area (Å²) in [7, 11) is 0. The summed E-state index contributed by atoms with van der Waals surface area (Å²) in [5.41, 5.74) is 0.382. The zero-order valence-corrected chi connectivity index (χ0v) is 27.2. The summed E-state index contributed by atoms with van der Waals surface area (Å²) in [5.74, 6) is -2.90. The highest BCUT2D eigenvalue weighted by Gasteiger charge is 2.45. The largest absolute Gasteiger partial charge is 0.463 e. The highest BCUT2D eigenvalue weighted by molar-refractivity contribution is 6.26. The minimum atomic E-state index is -1.07. The number of rotatable bonds is 24. The number of ether oxygens (including phenoxy) is 5. The molecular weight excluding hydrogens is 614 g/mol. The molecule has 0 aliphatic carbocycles. The van der Waals surface area contributed by atoms with Crippen molar-refractivity contribution in [3.8, 4) is 0 Å². The lowest BCUT2D eigenvalue weighted by Gasteiger charge is -2.27. The van der Waals surface area contributed by atoms with E-state index in [1.54, 1.807) is 12.1 Å². The summed E-state index contributed by atoms with van der Waals surface area (Å²) >= 11 is 0. The van der Waals surface area contributed by atoms with Gasteiger partial charge < -0.3 is 29.0 Å². The van der Waals surface area contributed by atoms with Crippen LogP contribution >= 0.6 is 0 Å². The van der Waals surface area contributed by atoms with Gasteiger partial charge in [0.1, 0.15) is 12.6 Å². The maximum absolute atomic E-state index is 13.1. The Morgan fingerprint density at radius 2 is 1.43 bits per heavy atom. The van der Waals surface area contributed by atoms with Crippen molar-refractivity contribution < 1.29 is 52.5 Å². The van der Waals surface area contributed by atoms with Gasteiger partial charge in [-0.15, -0.1) is 0 Å². The first kappa shape index (κ1) is 37.7. The third kappa shape index (κ3) is 12.8. The molecule has 0 radical (unpaired) electrons. The average Bonchev–Trinajstić information content (AvgIpc) is 3.30. The summed E-state index contributed by atoms with van der Waals surface area (Å²) in [5, 5.41) is 4.89. The van der Waals surface area contributed by atoms with Gasteiger partial charge in [-0.1, -0.05) is 32.3 Å². The molecule has 1 aromatic rings. The zero-order chi connectivity index (χ0) is 33.9. The second kappa shape index (κ2) is 21.2. The normalized spacial score (nSPS) is 15.9. The molecule has 1 fully saturated rings. The van der Waals surface area contributed by atoms with Crippen LogP contribution in [0.25, 0.3) is 0 Å².